The van der Waals surface area contributed by atoms with Crippen molar-refractivity contribution >= 4 is 29.0 Å². The lowest BCUT2D eigenvalue weighted by molar-refractivity contribution is -0.387. The zero-order valence-corrected chi connectivity index (χ0v) is 10.9. The van der Waals surface area contributed by atoms with Crippen molar-refractivity contribution in [3.05, 3.63) is 34.4 Å². The van der Waals surface area contributed by atoms with Gasteiger partial charge in [0.05, 0.1) is 9.82 Å². The second-order valence-electron chi connectivity index (χ2n) is 3.65. The average molecular weight is 267 g/mol. The zero-order valence-electron chi connectivity index (χ0n) is 10.1. The summed E-state index contributed by atoms with van der Waals surface area (Å²) in [5.41, 5.74) is -0.0855. The lowest BCUT2D eigenvalue weighted by atomic mass is 10.2. The molecule has 0 bridgehead atoms. The van der Waals surface area contributed by atoms with Gasteiger partial charge >= 0.3 is 0 Å². The fourth-order valence-electron chi connectivity index (χ4n) is 1.40. The molecule has 0 N–H and O–H groups in total. The largest absolute Gasteiger partial charge is 0.298 e. The van der Waals surface area contributed by atoms with Crippen molar-refractivity contribution in [2.75, 3.05) is 0 Å². The van der Waals surface area contributed by atoms with E-state index in [0.717, 1.165) is 11.8 Å². The molecule has 0 radical (unpaired) electrons. The number of nitro benzene ring substituents is 1. The molecule has 0 unspecified atom stereocenters. The molecule has 0 fully saturated rings. The number of benzene rings is 1. The summed E-state index contributed by atoms with van der Waals surface area (Å²) in [7, 11) is 0. The van der Waals surface area contributed by atoms with Crippen LogP contribution in [0.15, 0.2) is 29.2 Å². The van der Waals surface area contributed by atoms with Crippen LogP contribution in [0.25, 0.3) is 0 Å². The van der Waals surface area contributed by atoms with E-state index in [0.29, 0.717) is 4.90 Å². The van der Waals surface area contributed by atoms with Gasteiger partial charge in [0.25, 0.3) is 5.69 Å². The van der Waals surface area contributed by atoms with Gasteiger partial charge in [0.2, 0.25) is 0 Å². The van der Waals surface area contributed by atoms with Gasteiger partial charge < -0.3 is 0 Å². The number of nitro groups is 1. The average Bonchev–Trinajstić information content (AvgIpc) is 2.34. The molecule has 0 aliphatic heterocycles. The van der Waals surface area contributed by atoms with E-state index in [-0.39, 0.29) is 23.7 Å². The van der Waals surface area contributed by atoms with Crippen molar-refractivity contribution in [3.63, 3.8) is 0 Å². The fraction of sp³-hybridized carbons (Fsp3) is 0.333. The minimum atomic E-state index is -0.865. The van der Waals surface area contributed by atoms with Crippen LogP contribution in [0.5, 0.6) is 0 Å². The molecule has 0 aliphatic carbocycles. The maximum absolute atomic E-state index is 11.6. The van der Waals surface area contributed by atoms with Crippen molar-refractivity contribution in [2.24, 2.45) is 0 Å². The molecule has 96 valence electrons. The summed E-state index contributed by atoms with van der Waals surface area (Å²) >= 11 is 0.944. The number of rotatable bonds is 6. The minimum absolute atomic E-state index is 0.0855. The van der Waals surface area contributed by atoms with Gasteiger partial charge in [-0.3, -0.25) is 19.7 Å². The van der Waals surface area contributed by atoms with E-state index in [9.17, 15) is 19.7 Å². The molecule has 1 aromatic carbocycles. The van der Waals surface area contributed by atoms with Crippen LogP contribution in [0.3, 0.4) is 0 Å². The summed E-state index contributed by atoms with van der Waals surface area (Å²) in [6.07, 6.45) is 0.234. The Bertz CT molecular complexity index is 487. The fourth-order valence-corrected chi connectivity index (χ4v) is 2.53. The monoisotopic (exact) mass is 267 g/mol. The zero-order chi connectivity index (χ0) is 13.7. The molecule has 6 heteroatoms. The maximum atomic E-state index is 11.6. The van der Waals surface area contributed by atoms with Crippen LogP contribution in [0.4, 0.5) is 5.69 Å². The van der Waals surface area contributed by atoms with Gasteiger partial charge in [-0.25, -0.2) is 0 Å². The van der Waals surface area contributed by atoms with Crippen LogP contribution in [-0.4, -0.2) is 21.7 Å². The van der Waals surface area contributed by atoms with Crippen LogP contribution < -0.4 is 0 Å². The molecule has 0 saturated heterocycles. The molecule has 0 heterocycles. The summed E-state index contributed by atoms with van der Waals surface area (Å²) in [4.78, 5) is 33.7. The predicted octanol–water partition coefficient (Wildman–Crippen LogP) is 2.62. The van der Waals surface area contributed by atoms with E-state index in [1.807, 2.05) is 0 Å². The molecular formula is C12H13NO4S. The highest BCUT2D eigenvalue weighted by atomic mass is 32.2. The van der Waals surface area contributed by atoms with E-state index < -0.39 is 10.2 Å². The number of para-hydroxylation sites is 1. The summed E-state index contributed by atoms with van der Waals surface area (Å²) in [6.45, 7) is 2.98. The number of carbonyl (C=O) groups is 2. The minimum Gasteiger partial charge on any atom is -0.298 e. The highest BCUT2D eigenvalue weighted by Crippen LogP contribution is 2.32. The third-order valence-electron chi connectivity index (χ3n) is 2.32. The van der Waals surface area contributed by atoms with Gasteiger partial charge in [-0.2, -0.15) is 0 Å². The van der Waals surface area contributed by atoms with Crippen molar-refractivity contribution in [1.29, 1.82) is 0 Å². The normalized spacial score (nSPS) is 11.9. The smallest absolute Gasteiger partial charge is 0.282 e. The summed E-state index contributed by atoms with van der Waals surface area (Å²) in [5, 5.41) is 9.97. The first kappa shape index (κ1) is 14.4. The van der Waals surface area contributed by atoms with Crippen molar-refractivity contribution in [1.82, 2.24) is 0 Å². The highest BCUT2D eigenvalue weighted by Gasteiger charge is 2.26. The SMILES string of the molecule is CCC(=O)[C@@H](Sc1ccccc1[N+](=O)[O-])C(C)=O. The second-order valence-corrected chi connectivity index (χ2v) is 4.80. The third kappa shape index (κ3) is 3.40. The first-order chi connectivity index (χ1) is 8.47. The van der Waals surface area contributed by atoms with Gasteiger partial charge in [0, 0.05) is 12.5 Å². The van der Waals surface area contributed by atoms with Gasteiger partial charge in [0.1, 0.15) is 5.25 Å². The van der Waals surface area contributed by atoms with Crippen LogP contribution in [0.2, 0.25) is 0 Å². The molecule has 0 aliphatic rings. The van der Waals surface area contributed by atoms with Crippen LogP contribution in [0, 0.1) is 10.1 Å². The Morgan fingerprint density at radius 2 is 2.00 bits per heavy atom. The summed E-state index contributed by atoms with van der Waals surface area (Å²) in [6, 6.07) is 6.09. The Hall–Kier alpha value is -1.69. The highest BCUT2D eigenvalue weighted by molar-refractivity contribution is 8.01. The molecule has 1 rings (SSSR count). The summed E-state index contributed by atoms with van der Waals surface area (Å²) < 4.78 is 0. The molecule has 0 saturated carbocycles. The number of Topliss-reactive ketones (excluding diaryl/α,β-unsaturated/α-hetero) is 2. The van der Waals surface area contributed by atoms with Crippen LogP contribution >= 0.6 is 11.8 Å². The number of ketones is 2. The van der Waals surface area contributed by atoms with Crippen LogP contribution in [0.1, 0.15) is 20.3 Å². The van der Waals surface area contributed by atoms with Gasteiger partial charge in [-0.1, -0.05) is 30.8 Å². The van der Waals surface area contributed by atoms with E-state index in [2.05, 4.69) is 0 Å². The number of thioether (sulfide) groups is 1. The molecule has 18 heavy (non-hydrogen) atoms. The van der Waals surface area contributed by atoms with Crippen molar-refractivity contribution in [2.45, 2.75) is 30.4 Å². The lowest BCUT2D eigenvalue weighted by Gasteiger charge is -2.11. The number of hydrogen-bond donors (Lipinski definition) is 0. The Kier molecular flexibility index (Phi) is 5.03. The van der Waals surface area contributed by atoms with Crippen molar-refractivity contribution < 1.29 is 14.5 Å². The van der Waals surface area contributed by atoms with Gasteiger partial charge in [-0.05, 0) is 13.0 Å². The van der Waals surface area contributed by atoms with Crippen LogP contribution in [-0.2, 0) is 9.59 Å². The quantitative estimate of drug-likeness (QED) is 0.342. The molecule has 1 atom stereocenters. The number of nitrogens with zero attached hydrogens (tertiary/aromatic N) is 1. The molecule has 5 nitrogen and oxygen atoms in total. The van der Waals surface area contributed by atoms with Gasteiger partial charge in [0.15, 0.2) is 11.6 Å². The van der Waals surface area contributed by atoms with Crippen molar-refractivity contribution in [3.8, 4) is 0 Å². The van der Waals surface area contributed by atoms with E-state index in [1.54, 1.807) is 25.1 Å². The van der Waals surface area contributed by atoms with E-state index >= 15 is 0 Å². The molecule has 1 aromatic rings. The molecule has 0 amide bonds. The third-order valence-corrected chi connectivity index (χ3v) is 3.75. The standard InChI is InChI=1S/C12H13NO4S/c1-3-10(15)12(8(2)14)18-11-7-5-4-6-9(11)13(16)17/h4-7,12H,3H2,1-2H3/t12-/m0/s1. The second kappa shape index (κ2) is 6.30. The Morgan fingerprint density at radius 1 is 1.39 bits per heavy atom. The predicted molar refractivity (Wildman–Crippen MR) is 68.7 cm³/mol. The van der Waals surface area contributed by atoms with Gasteiger partial charge in [-0.15, -0.1) is 0 Å². The topological polar surface area (TPSA) is 77.3 Å². The lowest BCUT2D eigenvalue weighted by Crippen LogP contribution is -2.24. The first-order valence-electron chi connectivity index (χ1n) is 5.40. The Labute approximate surface area is 109 Å². The molecule has 0 aromatic heterocycles. The van der Waals surface area contributed by atoms with E-state index in [1.165, 1.54) is 13.0 Å². The number of hydrogen-bond acceptors (Lipinski definition) is 5. The van der Waals surface area contributed by atoms with E-state index in [4.69, 9.17) is 0 Å². The Morgan fingerprint density at radius 3 is 2.50 bits per heavy atom. The number of carbonyl (C=O) groups excluding carboxylic acids is 2. The maximum Gasteiger partial charge on any atom is 0.282 e. The molecular weight excluding hydrogens is 254 g/mol. The molecule has 0 spiro atoms. The Balaban J connectivity index is 3.05. The first-order valence-corrected chi connectivity index (χ1v) is 6.28. The summed E-state index contributed by atoms with van der Waals surface area (Å²) in [5.74, 6) is -0.504.